The molecule has 102 valence electrons. The van der Waals surface area contributed by atoms with E-state index in [1.54, 1.807) is 19.2 Å². The third kappa shape index (κ3) is 3.10. The third-order valence-corrected chi connectivity index (χ3v) is 4.39. The fourth-order valence-corrected chi connectivity index (χ4v) is 3.04. The Kier molecular flexibility index (Phi) is 4.82. The van der Waals surface area contributed by atoms with Gasteiger partial charge in [0.15, 0.2) is 0 Å². The molecule has 0 fully saturated rings. The molecule has 0 radical (unpaired) electrons. The molecule has 0 aliphatic carbocycles. The first-order chi connectivity index (χ1) is 9.06. The van der Waals surface area contributed by atoms with Gasteiger partial charge in [-0.1, -0.05) is 46.1 Å². The van der Waals surface area contributed by atoms with Gasteiger partial charge in [0.2, 0.25) is 0 Å². The Bertz CT molecular complexity index is 581. The van der Waals surface area contributed by atoms with E-state index < -0.39 is 0 Å². The molecule has 1 atom stereocenters. The first-order valence-corrected chi connectivity index (χ1v) is 7.49. The summed E-state index contributed by atoms with van der Waals surface area (Å²) in [7, 11) is 1.56. The highest BCUT2D eigenvalue weighted by atomic mass is 79.9. The second-order valence-electron chi connectivity index (χ2n) is 4.03. The number of methoxy groups -OCH3 is 1. The summed E-state index contributed by atoms with van der Waals surface area (Å²) in [6, 6.07) is 7.39. The van der Waals surface area contributed by atoms with Crippen LogP contribution < -0.4 is 4.74 Å². The predicted octanol–water partition coefficient (Wildman–Crippen LogP) is 5.64. The van der Waals surface area contributed by atoms with Gasteiger partial charge < -0.3 is 9.15 Å². The Morgan fingerprint density at radius 1 is 1.26 bits per heavy atom. The van der Waals surface area contributed by atoms with Crippen molar-refractivity contribution >= 4 is 39.1 Å². The van der Waals surface area contributed by atoms with Crippen molar-refractivity contribution < 1.29 is 9.15 Å². The van der Waals surface area contributed by atoms with E-state index >= 15 is 0 Å². The molecule has 0 aliphatic rings. The Hall–Kier alpha value is -0.640. The molecule has 1 aromatic heterocycles. The number of benzene rings is 1. The molecule has 0 saturated heterocycles. The topological polar surface area (TPSA) is 22.4 Å². The molecule has 5 heteroatoms. The van der Waals surface area contributed by atoms with Gasteiger partial charge in [0.05, 0.1) is 17.0 Å². The van der Waals surface area contributed by atoms with Crippen LogP contribution in [0.3, 0.4) is 0 Å². The number of furan rings is 1. The van der Waals surface area contributed by atoms with E-state index in [1.807, 2.05) is 19.1 Å². The molecular formula is C14H13BrCl2O2. The van der Waals surface area contributed by atoms with Crippen molar-refractivity contribution in [2.45, 2.75) is 18.2 Å². The molecule has 2 nitrogen and oxygen atoms in total. The maximum atomic E-state index is 6.26. The molecule has 0 bridgehead atoms. The maximum Gasteiger partial charge on any atom is 0.138 e. The van der Waals surface area contributed by atoms with Crippen LogP contribution in [0, 0.1) is 0 Å². The first-order valence-electron chi connectivity index (χ1n) is 5.82. The van der Waals surface area contributed by atoms with Gasteiger partial charge in [-0.05, 0) is 23.8 Å². The SMILES string of the molecule is CCc1ccc(C(Br)c2cc(Cl)c(OC)cc2Cl)o1. The van der Waals surface area contributed by atoms with E-state index in [2.05, 4.69) is 15.9 Å². The highest BCUT2D eigenvalue weighted by Gasteiger charge is 2.19. The average Bonchev–Trinajstić information content (AvgIpc) is 2.89. The quantitative estimate of drug-likeness (QED) is 0.655. The van der Waals surface area contributed by atoms with Crippen LogP contribution in [0.5, 0.6) is 5.75 Å². The minimum absolute atomic E-state index is 0.135. The molecule has 19 heavy (non-hydrogen) atoms. The Morgan fingerprint density at radius 3 is 2.58 bits per heavy atom. The van der Waals surface area contributed by atoms with Crippen molar-refractivity contribution in [2.75, 3.05) is 7.11 Å². The first kappa shape index (κ1) is 14.8. The standard InChI is InChI=1S/C14H13BrCl2O2/c1-3-8-4-5-12(19-8)14(15)9-6-11(17)13(18-2)7-10(9)16/h4-7,14H,3H2,1-2H3. The van der Waals surface area contributed by atoms with Crippen LogP contribution in [-0.4, -0.2) is 7.11 Å². The second-order valence-corrected chi connectivity index (χ2v) is 5.76. The summed E-state index contributed by atoms with van der Waals surface area (Å²) in [5.41, 5.74) is 0.851. The summed E-state index contributed by atoms with van der Waals surface area (Å²) in [6.07, 6.45) is 0.858. The minimum Gasteiger partial charge on any atom is -0.495 e. The van der Waals surface area contributed by atoms with E-state index in [0.717, 1.165) is 23.5 Å². The van der Waals surface area contributed by atoms with Crippen molar-refractivity contribution in [2.24, 2.45) is 0 Å². The summed E-state index contributed by atoms with van der Waals surface area (Å²) in [4.78, 5) is -0.135. The van der Waals surface area contributed by atoms with E-state index in [4.69, 9.17) is 32.4 Å². The van der Waals surface area contributed by atoms with E-state index in [9.17, 15) is 0 Å². The highest BCUT2D eigenvalue weighted by molar-refractivity contribution is 9.09. The van der Waals surface area contributed by atoms with Crippen LogP contribution in [0.15, 0.2) is 28.7 Å². The normalized spacial score (nSPS) is 12.5. The number of hydrogen-bond donors (Lipinski definition) is 0. The summed E-state index contributed by atoms with van der Waals surface area (Å²) in [5.74, 6) is 2.30. The van der Waals surface area contributed by atoms with Crippen molar-refractivity contribution in [3.63, 3.8) is 0 Å². The lowest BCUT2D eigenvalue weighted by molar-refractivity contribution is 0.415. The van der Waals surface area contributed by atoms with Crippen LogP contribution in [0.1, 0.15) is 28.8 Å². The summed E-state index contributed by atoms with van der Waals surface area (Å²) < 4.78 is 10.9. The average molecular weight is 364 g/mol. The molecule has 0 saturated carbocycles. The zero-order chi connectivity index (χ0) is 14.0. The van der Waals surface area contributed by atoms with Crippen LogP contribution in [0.25, 0.3) is 0 Å². The number of rotatable bonds is 4. The van der Waals surface area contributed by atoms with E-state index in [-0.39, 0.29) is 4.83 Å². The number of alkyl halides is 1. The van der Waals surface area contributed by atoms with Crippen LogP contribution in [0.2, 0.25) is 10.0 Å². The molecular weight excluding hydrogens is 351 g/mol. The molecule has 0 aliphatic heterocycles. The fourth-order valence-electron chi connectivity index (χ4n) is 1.77. The van der Waals surface area contributed by atoms with Gasteiger partial charge in [0.1, 0.15) is 17.3 Å². The van der Waals surface area contributed by atoms with E-state index in [1.165, 1.54) is 0 Å². The molecule has 1 heterocycles. The van der Waals surface area contributed by atoms with Crippen LogP contribution in [-0.2, 0) is 6.42 Å². The zero-order valence-electron chi connectivity index (χ0n) is 10.5. The molecule has 2 rings (SSSR count). The minimum atomic E-state index is -0.135. The molecule has 0 spiro atoms. The molecule has 2 aromatic rings. The lowest BCUT2D eigenvalue weighted by Gasteiger charge is -2.12. The Morgan fingerprint density at radius 2 is 2.00 bits per heavy atom. The second kappa shape index (κ2) is 6.21. The predicted molar refractivity (Wildman–Crippen MR) is 81.9 cm³/mol. The van der Waals surface area contributed by atoms with Crippen molar-refractivity contribution in [1.82, 2.24) is 0 Å². The van der Waals surface area contributed by atoms with Gasteiger partial charge in [-0.15, -0.1) is 0 Å². The van der Waals surface area contributed by atoms with Gasteiger partial charge >= 0.3 is 0 Å². The van der Waals surface area contributed by atoms with Gasteiger partial charge in [-0.3, -0.25) is 0 Å². The molecule has 0 N–H and O–H groups in total. The molecule has 0 amide bonds. The summed E-state index contributed by atoms with van der Waals surface area (Å²) in [5, 5.41) is 1.10. The third-order valence-electron chi connectivity index (χ3n) is 2.82. The number of halogens is 3. The summed E-state index contributed by atoms with van der Waals surface area (Å²) >= 11 is 16.0. The maximum absolute atomic E-state index is 6.26. The van der Waals surface area contributed by atoms with Crippen molar-refractivity contribution in [3.8, 4) is 5.75 Å². The van der Waals surface area contributed by atoms with Crippen LogP contribution in [0.4, 0.5) is 0 Å². The van der Waals surface area contributed by atoms with E-state index in [0.29, 0.717) is 15.8 Å². The lowest BCUT2D eigenvalue weighted by atomic mass is 10.1. The van der Waals surface area contributed by atoms with Gasteiger partial charge in [0.25, 0.3) is 0 Å². The number of ether oxygens (including phenoxy) is 1. The largest absolute Gasteiger partial charge is 0.495 e. The molecule has 1 unspecified atom stereocenters. The summed E-state index contributed by atoms with van der Waals surface area (Å²) in [6.45, 7) is 2.04. The lowest BCUT2D eigenvalue weighted by Crippen LogP contribution is -1.94. The zero-order valence-corrected chi connectivity index (χ0v) is 13.6. The Balaban J connectivity index is 2.38. The smallest absolute Gasteiger partial charge is 0.138 e. The van der Waals surface area contributed by atoms with Gasteiger partial charge in [-0.25, -0.2) is 0 Å². The van der Waals surface area contributed by atoms with Crippen molar-refractivity contribution in [1.29, 1.82) is 0 Å². The number of aryl methyl sites for hydroxylation is 1. The molecule has 1 aromatic carbocycles. The highest BCUT2D eigenvalue weighted by Crippen LogP contribution is 2.40. The Labute approximate surface area is 130 Å². The van der Waals surface area contributed by atoms with Gasteiger partial charge in [0, 0.05) is 17.5 Å². The number of hydrogen-bond acceptors (Lipinski definition) is 2. The monoisotopic (exact) mass is 362 g/mol. The van der Waals surface area contributed by atoms with Gasteiger partial charge in [-0.2, -0.15) is 0 Å². The van der Waals surface area contributed by atoms with Crippen LogP contribution >= 0.6 is 39.1 Å². The van der Waals surface area contributed by atoms with Crippen molar-refractivity contribution in [3.05, 3.63) is 51.4 Å². The fraction of sp³-hybridized carbons (Fsp3) is 0.286.